The van der Waals surface area contributed by atoms with Gasteiger partial charge in [-0.15, -0.1) is 0 Å². The third kappa shape index (κ3) is 3.81. The fraction of sp³-hybridized carbons (Fsp3) is 0.278. The maximum atomic E-state index is 14.4. The smallest absolute Gasteiger partial charge is 0.164 e. The van der Waals surface area contributed by atoms with Gasteiger partial charge in [0.25, 0.3) is 0 Å². The van der Waals surface area contributed by atoms with E-state index in [9.17, 15) is 21.6 Å². The van der Waals surface area contributed by atoms with Crippen LogP contribution in [0.25, 0.3) is 0 Å². The second-order valence-corrected chi connectivity index (χ2v) is 10.6. The van der Waals surface area contributed by atoms with Crippen molar-refractivity contribution >= 4 is 48.4 Å². The third-order valence-electron chi connectivity index (χ3n) is 4.65. The van der Waals surface area contributed by atoms with Crippen LogP contribution in [0.4, 0.5) is 18.9 Å². The summed E-state index contributed by atoms with van der Waals surface area (Å²) in [7, 11) is -3.29. The van der Waals surface area contributed by atoms with Gasteiger partial charge in [0.2, 0.25) is 0 Å². The van der Waals surface area contributed by atoms with Crippen LogP contribution in [0.2, 0.25) is 0 Å². The maximum Gasteiger partial charge on any atom is 0.164 e. The summed E-state index contributed by atoms with van der Waals surface area (Å²) in [6, 6.07) is 6.77. The van der Waals surface area contributed by atoms with Gasteiger partial charge < -0.3 is 4.90 Å². The minimum absolute atomic E-state index is 0.0635. The van der Waals surface area contributed by atoms with Gasteiger partial charge in [0.1, 0.15) is 17.5 Å². The number of anilines is 1. The summed E-state index contributed by atoms with van der Waals surface area (Å²) in [4.78, 5) is 5.97. The number of rotatable bonds is 3. The first-order valence-corrected chi connectivity index (χ1v) is 11.9. The molecule has 0 bridgehead atoms. The molecule has 0 aromatic heterocycles. The van der Waals surface area contributed by atoms with Gasteiger partial charge in [-0.2, -0.15) is 0 Å². The number of sulfone groups is 1. The van der Waals surface area contributed by atoms with E-state index in [1.54, 1.807) is 12.1 Å². The zero-order valence-corrected chi connectivity index (χ0v) is 17.5. The minimum atomic E-state index is -3.29. The molecule has 0 amide bonds. The SMILES string of the molecule is O=S1(=O)C[C@H]2N=C(SCc3ccc(Br)cc3F)N(c3ccc(F)cc3F)[C@H]2C1. The van der Waals surface area contributed by atoms with Crippen LogP contribution >= 0.6 is 27.7 Å². The van der Waals surface area contributed by atoms with Crippen molar-refractivity contribution in [3.63, 3.8) is 0 Å². The van der Waals surface area contributed by atoms with Crippen LogP contribution in [0.1, 0.15) is 5.56 Å². The first kappa shape index (κ1) is 19.8. The van der Waals surface area contributed by atoms with Crippen molar-refractivity contribution in [2.24, 2.45) is 4.99 Å². The molecule has 0 unspecified atom stereocenters. The molecule has 2 heterocycles. The van der Waals surface area contributed by atoms with E-state index in [1.807, 2.05) is 0 Å². The molecule has 2 atom stereocenters. The highest BCUT2D eigenvalue weighted by molar-refractivity contribution is 9.10. The van der Waals surface area contributed by atoms with Crippen molar-refractivity contribution in [2.75, 3.05) is 16.4 Å². The Balaban J connectivity index is 1.65. The first-order chi connectivity index (χ1) is 13.2. The fourth-order valence-electron chi connectivity index (χ4n) is 3.37. The van der Waals surface area contributed by atoms with E-state index in [1.165, 1.54) is 28.8 Å². The summed E-state index contributed by atoms with van der Waals surface area (Å²) < 4.78 is 66.5. The largest absolute Gasteiger partial charge is 0.312 e. The standard InChI is InChI=1S/C18H14BrF3N2O2S2/c19-11-2-1-10(13(21)5-11)7-27-18-23-15-8-28(25,26)9-17(15)24(18)16-4-3-12(20)6-14(16)22/h1-6,15,17H,7-9H2/t15-,17+/m1/s1. The van der Waals surface area contributed by atoms with Gasteiger partial charge >= 0.3 is 0 Å². The summed E-state index contributed by atoms with van der Waals surface area (Å²) in [6.45, 7) is 0. The molecule has 0 radical (unpaired) electrons. The predicted octanol–water partition coefficient (Wildman–Crippen LogP) is 4.14. The molecule has 0 N–H and O–H groups in total. The number of hydrogen-bond donors (Lipinski definition) is 0. The van der Waals surface area contributed by atoms with Crippen LogP contribution in [0.15, 0.2) is 45.9 Å². The molecular weight excluding hydrogens is 477 g/mol. The summed E-state index contributed by atoms with van der Waals surface area (Å²) in [5.41, 5.74) is 0.508. The molecule has 4 rings (SSSR count). The van der Waals surface area contributed by atoms with Crippen molar-refractivity contribution in [2.45, 2.75) is 17.8 Å². The Morgan fingerprint density at radius 2 is 1.89 bits per heavy atom. The lowest BCUT2D eigenvalue weighted by molar-refractivity contribution is 0.577. The Kier molecular flexibility index (Phi) is 5.22. The van der Waals surface area contributed by atoms with Gasteiger partial charge in [0.05, 0.1) is 29.3 Å². The molecule has 4 nitrogen and oxygen atoms in total. The van der Waals surface area contributed by atoms with Gasteiger partial charge in [0.15, 0.2) is 15.0 Å². The molecule has 2 aliphatic rings. The Morgan fingerprint density at radius 3 is 2.61 bits per heavy atom. The van der Waals surface area contributed by atoms with E-state index in [0.29, 0.717) is 15.2 Å². The molecule has 0 aliphatic carbocycles. The topological polar surface area (TPSA) is 49.7 Å². The van der Waals surface area contributed by atoms with E-state index in [2.05, 4.69) is 20.9 Å². The second-order valence-electron chi connectivity index (χ2n) is 6.61. The monoisotopic (exact) mass is 490 g/mol. The summed E-state index contributed by atoms with van der Waals surface area (Å²) in [5, 5.41) is 0.401. The molecule has 1 saturated heterocycles. The fourth-order valence-corrected chi connectivity index (χ4v) is 6.65. The molecular formula is C18H14BrF3N2O2S2. The van der Waals surface area contributed by atoms with Crippen LogP contribution in [-0.2, 0) is 15.6 Å². The number of benzene rings is 2. The van der Waals surface area contributed by atoms with Crippen LogP contribution in [-0.4, -0.2) is 37.2 Å². The molecule has 1 fully saturated rings. The lowest BCUT2D eigenvalue weighted by Crippen LogP contribution is -2.39. The van der Waals surface area contributed by atoms with Crippen molar-refractivity contribution in [1.82, 2.24) is 0 Å². The lowest BCUT2D eigenvalue weighted by atomic mass is 10.1. The van der Waals surface area contributed by atoms with Crippen LogP contribution in [0.5, 0.6) is 0 Å². The zero-order chi connectivity index (χ0) is 20.1. The Hall–Kier alpha value is -1.52. The molecule has 0 saturated carbocycles. The average Bonchev–Trinajstić information content (AvgIpc) is 3.06. The van der Waals surface area contributed by atoms with E-state index >= 15 is 0 Å². The number of hydrogen-bond acceptors (Lipinski definition) is 5. The third-order valence-corrected chi connectivity index (χ3v) is 7.86. The van der Waals surface area contributed by atoms with E-state index in [4.69, 9.17) is 0 Å². The van der Waals surface area contributed by atoms with E-state index in [0.717, 1.165) is 12.1 Å². The molecule has 10 heteroatoms. The quantitative estimate of drug-likeness (QED) is 0.648. The Labute approximate surface area is 172 Å². The van der Waals surface area contributed by atoms with Gasteiger partial charge in [-0.1, -0.05) is 33.8 Å². The highest BCUT2D eigenvalue weighted by Crippen LogP contribution is 2.37. The first-order valence-electron chi connectivity index (χ1n) is 8.33. The van der Waals surface area contributed by atoms with E-state index < -0.39 is 33.6 Å². The van der Waals surface area contributed by atoms with Gasteiger partial charge in [-0.25, -0.2) is 21.6 Å². The molecule has 148 valence electrons. The van der Waals surface area contributed by atoms with E-state index in [-0.39, 0.29) is 28.8 Å². The second kappa shape index (κ2) is 7.38. The van der Waals surface area contributed by atoms with Gasteiger partial charge in [-0.05, 0) is 29.8 Å². The number of aliphatic imine (C=N–C) groups is 1. The number of thioether (sulfide) groups is 1. The Bertz CT molecular complexity index is 1080. The van der Waals surface area contributed by atoms with Crippen LogP contribution < -0.4 is 4.90 Å². The zero-order valence-electron chi connectivity index (χ0n) is 14.3. The van der Waals surface area contributed by atoms with Crippen LogP contribution in [0.3, 0.4) is 0 Å². The van der Waals surface area contributed by atoms with Crippen molar-refractivity contribution in [3.05, 3.63) is 63.9 Å². The van der Waals surface area contributed by atoms with Crippen molar-refractivity contribution in [1.29, 1.82) is 0 Å². The van der Waals surface area contributed by atoms with Crippen molar-refractivity contribution in [3.8, 4) is 0 Å². The van der Waals surface area contributed by atoms with Crippen molar-refractivity contribution < 1.29 is 21.6 Å². The summed E-state index contributed by atoms with van der Waals surface area (Å²) >= 11 is 4.40. The number of amidine groups is 1. The molecule has 0 spiro atoms. The summed E-state index contributed by atoms with van der Waals surface area (Å²) in [5.74, 6) is -1.94. The predicted molar refractivity (Wildman–Crippen MR) is 108 cm³/mol. The molecule has 2 aromatic carbocycles. The number of fused-ring (bicyclic) bond motifs is 1. The average molecular weight is 491 g/mol. The lowest BCUT2D eigenvalue weighted by Gasteiger charge is -2.26. The summed E-state index contributed by atoms with van der Waals surface area (Å²) in [6.07, 6.45) is 0. The van der Waals surface area contributed by atoms with Crippen LogP contribution in [0, 0.1) is 17.5 Å². The maximum absolute atomic E-state index is 14.4. The highest BCUT2D eigenvalue weighted by Gasteiger charge is 2.47. The normalized spacial score (nSPS) is 23.0. The minimum Gasteiger partial charge on any atom is -0.312 e. The molecule has 2 aliphatic heterocycles. The number of nitrogens with zero attached hydrogens (tertiary/aromatic N) is 2. The number of halogens is 4. The Morgan fingerprint density at radius 1 is 1.11 bits per heavy atom. The van der Waals surface area contributed by atoms with Gasteiger partial charge in [0, 0.05) is 16.3 Å². The molecule has 28 heavy (non-hydrogen) atoms. The molecule has 2 aromatic rings. The van der Waals surface area contributed by atoms with Gasteiger partial charge in [-0.3, -0.25) is 4.99 Å². The highest BCUT2D eigenvalue weighted by atomic mass is 79.9.